The molecule has 0 aliphatic heterocycles. The molecule has 1 aromatic carbocycles. The van der Waals surface area contributed by atoms with Gasteiger partial charge in [0.2, 0.25) is 0 Å². The monoisotopic (exact) mass is 329 g/mol. The fourth-order valence-electron chi connectivity index (χ4n) is 5.15. The molecule has 2 fully saturated rings. The lowest BCUT2D eigenvalue weighted by molar-refractivity contribution is -0.0435. The Kier molecular flexibility index (Phi) is 4.93. The van der Waals surface area contributed by atoms with E-state index < -0.39 is 0 Å². The summed E-state index contributed by atoms with van der Waals surface area (Å²) >= 11 is 0. The Bertz CT molecular complexity index is 600. The van der Waals surface area contributed by atoms with Gasteiger partial charge in [-0.2, -0.15) is 0 Å². The van der Waals surface area contributed by atoms with Crippen molar-refractivity contribution in [2.24, 2.45) is 28.3 Å². The van der Waals surface area contributed by atoms with E-state index in [2.05, 4.69) is 19.0 Å². The molecule has 0 bridgehead atoms. The highest BCUT2D eigenvalue weighted by Crippen LogP contribution is 2.58. The van der Waals surface area contributed by atoms with Crippen LogP contribution in [0.3, 0.4) is 0 Å². The van der Waals surface area contributed by atoms with Gasteiger partial charge in [0.1, 0.15) is 6.10 Å². The minimum atomic E-state index is -0.210. The van der Waals surface area contributed by atoms with E-state index in [0.717, 1.165) is 32.1 Å². The summed E-state index contributed by atoms with van der Waals surface area (Å²) in [5.74, 6) is 0.918. The van der Waals surface area contributed by atoms with Gasteiger partial charge in [-0.25, -0.2) is 4.79 Å². The van der Waals surface area contributed by atoms with Crippen molar-refractivity contribution in [3.8, 4) is 0 Å². The Morgan fingerprint density at radius 3 is 2.79 bits per heavy atom. The highest BCUT2D eigenvalue weighted by Gasteiger charge is 2.53. The SMILES string of the molecule is C[C@H](/C=N/O)[C@H]1CC[C@H]2[C@@H](OC(=O)c3ccccc3)CCC[C@]12C. The minimum Gasteiger partial charge on any atom is -0.458 e. The van der Waals surface area contributed by atoms with Gasteiger partial charge in [0.15, 0.2) is 0 Å². The largest absolute Gasteiger partial charge is 0.458 e. The summed E-state index contributed by atoms with van der Waals surface area (Å²) in [6.45, 7) is 4.46. The van der Waals surface area contributed by atoms with E-state index in [1.54, 1.807) is 6.21 Å². The molecule has 0 spiro atoms. The van der Waals surface area contributed by atoms with Gasteiger partial charge in [0.25, 0.3) is 0 Å². The Labute approximate surface area is 143 Å². The first-order valence-electron chi connectivity index (χ1n) is 9.00. The third kappa shape index (κ3) is 3.06. The number of hydrogen-bond acceptors (Lipinski definition) is 4. The van der Waals surface area contributed by atoms with Crippen LogP contribution in [0.25, 0.3) is 0 Å². The zero-order valence-electron chi connectivity index (χ0n) is 14.5. The van der Waals surface area contributed by atoms with Crippen LogP contribution in [-0.2, 0) is 4.74 Å². The van der Waals surface area contributed by atoms with Crippen molar-refractivity contribution >= 4 is 12.2 Å². The van der Waals surface area contributed by atoms with Crippen molar-refractivity contribution in [1.82, 2.24) is 0 Å². The zero-order chi connectivity index (χ0) is 17.2. The lowest BCUT2D eigenvalue weighted by Gasteiger charge is -2.45. The van der Waals surface area contributed by atoms with E-state index in [1.165, 1.54) is 0 Å². The van der Waals surface area contributed by atoms with Crippen LogP contribution in [-0.4, -0.2) is 23.5 Å². The second-order valence-electron chi connectivity index (χ2n) is 7.62. The molecule has 0 amide bonds. The summed E-state index contributed by atoms with van der Waals surface area (Å²) in [7, 11) is 0. The van der Waals surface area contributed by atoms with Crippen LogP contribution in [0.2, 0.25) is 0 Å². The quantitative estimate of drug-likeness (QED) is 0.382. The number of fused-ring (bicyclic) bond motifs is 1. The number of benzene rings is 1. The van der Waals surface area contributed by atoms with Gasteiger partial charge >= 0.3 is 5.97 Å². The van der Waals surface area contributed by atoms with Crippen LogP contribution in [0.1, 0.15) is 56.3 Å². The first-order chi connectivity index (χ1) is 11.6. The fraction of sp³-hybridized carbons (Fsp3) is 0.600. The molecule has 1 N–H and O–H groups in total. The molecule has 4 heteroatoms. The van der Waals surface area contributed by atoms with Gasteiger partial charge in [-0.3, -0.25) is 0 Å². The Morgan fingerprint density at radius 1 is 1.33 bits per heavy atom. The smallest absolute Gasteiger partial charge is 0.338 e. The molecule has 24 heavy (non-hydrogen) atoms. The van der Waals surface area contributed by atoms with Crippen LogP contribution in [0.5, 0.6) is 0 Å². The van der Waals surface area contributed by atoms with Crippen molar-refractivity contribution in [3.63, 3.8) is 0 Å². The van der Waals surface area contributed by atoms with Crippen LogP contribution >= 0.6 is 0 Å². The number of rotatable bonds is 4. The van der Waals surface area contributed by atoms with E-state index in [9.17, 15) is 4.79 Å². The topological polar surface area (TPSA) is 58.9 Å². The molecule has 4 nitrogen and oxygen atoms in total. The third-order valence-electron chi connectivity index (χ3n) is 6.34. The molecular formula is C20H27NO3. The van der Waals surface area contributed by atoms with E-state index >= 15 is 0 Å². The van der Waals surface area contributed by atoms with Crippen LogP contribution in [0.15, 0.2) is 35.5 Å². The van der Waals surface area contributed by atoms with Crippen molar-refractivity contribution in [2.75, 3.05) is 0 Å². The first-order valence-corrected chi connectivity index (χ1v) is 9.00. The number of carbonyl (C=O) groups excluding carboxylic acids is 1. The van der Waals surface area contributed by atoms with Gasteiger partial charge in [-0.05, 0) is 61.5 Å². The van der Waals surface area contributed by atoms with Crippen LogP contribution < -0.4 is 0 Å². The molecule has 0 heterocycles. The van der Waals surface area contributed by atoms with Crippen molar-refractivity contribution in [2.45, 2.75) is 52.1 Å². The average molecular weight is 329 g/mol. The number of esters is 1. The zero-order valence-corrected chi connectivity index (χ0v) is 14.5. The van der Waals surface area contributed by atoms with Crippen molar-refractivity contribution < 1.29 is 14.7 Å². The molecule has 1 aromatic rings. The molecule has 0 unspecified atom stereocenters. The van der Waals surface area contributed by atoms with Crippen molar-refractivity contribution in [1.29, 1.82) is 0 Å². The highest BCUT2D eigenvalue weighted by atomic mass is 16.5. The Balaban J connectivity index is 1.74. The molecular weight excluding hydrogens is 302 g/mol. The maximum Gasteiger partial charge on any atom is 0.338 e. The number of hydrogen-bond donors (Lipinski definition) is 1. The molecule has 3 rings (SSSR count). The number of nitrogens with zero attached hydrogens (tertiary/aromatic N) is 1. The van der Waals surface area contributed by atoms with Gasteiger partial charge in [0.05, 0.1) is 5.56 Å². The molecule has 5 atom stereocenters. The Morgan fingerprint density at radius 2 is 2.08 bits per heavy atom. The minimum absolute atomic E-state index is 0.000258. The molecule has 0 aromatic heterocycles. The van der Waals surface area contributed by atoms with Crippen molar-refractivity contribution in [3.05, 3.63) is 35.9 Å². The summed E-state index contributed by atoms with van der Waals surface area (Å²) in [6.07, 6.45) is 7.03. The molecule has 0 saturated heterocycles. The first kappa shape index (κ1) is 17.0. The second-order valence-corrected chi connectivity index (χ2v) is 7.62. The summed E-state index contributed by atoms with van der Waals surface area (Å²) in [5, 5.41) is 12.1. The van der Waals surface area contributed by atoms with E-state index in [1.807, 2.05) is 30.3 Å². The molecule has 130 valence electrons. The molecule has 2 aliphatic carbocycles. The number of ether oxygens (including phenoxy) is 1. The summed E-state index contributed by atoms with van der Waals surface area (Å²) in [5.41, 5.74) is 0.778. The summed E-state index contributed by atoms with van der Waals surface area (Å²) < 4.78 is 5.92. The van der Waals surface area contributed by atoms with Gasteiger partial charge in [-0.15, -0.1) is 5.16 Å². The molecule has 2 saturated carbocycles. The summed E-state index contributed by atoms with van der Waals surface area (Å²) in [6, 6.07) is 9.25. The maximum atomic E-state index is 12.4. The maximum absolute atomic E-state index is 12.4. The van der Waals surface area contributed by atoms with Gasteiger partial charge < -0.3 is 9.94 Å². The molecule has 2 aliphatic rings. The number of carbonyl (C=O) groups is 1. The standard InChI is InChI=1S/C20H27NO3/c1-14(13-21-23)16-10-11-17-18(9-6-12-20(16,17)2)24-19(22)15-7-4-3-5-8-15/h3-5,7-8,13-14,16-18,23H,6,9-12H2,1-2H3/b21-13+/t14-,16-,17+,18+,20-/m1/s1. The van der Waals surface area contributed by atoms with E-state index in [-0.39, 0.29) is 23.4 Å². The lowest BCUT2D eigenvalue weighted by Crippen LogP contribution is -2.43. The average Bonchev–Trinajstić information content (AvgIpc) is 2.94. The van der Waals surface area contributed by atoms with E-state index in [4.69, 9.17) is 9.94 Å². The third-order valence-corrected chi connectivity index (χ3v) is 6.34. The predicted octanol–water partition coefficient (Wildman–Crippen LogP) is 4.52. The molecule has 0 radical (unpaired) electrons. The van der Waals surface area contributed by atoms with E-state index in [0.29, 0.717) is 17.4 Å². The van der Waals surface area contributed by atoms with Gasteiger partial charge in [0, 0.05) is 12.1 Å². The lowest BCUT2D eigenvalue weighted by atomic mass is 9.62. The normalized spacial score (nSPS) is 34.0. The van der Waals surface area contributed by atoms with Gasteiger partial charge in [-0.1, -0.05) is 32.0 Å². The highest BCUT2D eigenvalue weighted by molar-refractivity contribution is 5.89. The number of oxime groups is 1. The fourth-order valence-corrected chi connectivity index (χ4v) is 5.15. The second kappa shape index (κ2) is 6.96. The predicted molar refractivity (Wildman–Crippen MR) is 93.3 cm³/mol. The Hall–Kier alpha value is -1.84. The van der Waals surface area contributed by atoms with Crippen LogP contribution in [0.4, 0.5) is 0 Å². The summed E-state index contributed by atoms with van der Waals surface area (Å²) in [4.78, 5) is 12.4. The van der Waals surface area contributed by atoms with Crippen LogP contribution in [0, 0.1) is 23.2 Å².